The first-order valence-corrected chi connectivity index (χ1v) is 4.47. The molecular formula is C12H14O. The molecule has 1 rings (SSSR count). The molecule has 0 aliphatic heterocycles. The first-order chi connectivity index (χ1) is 6.33. The Hall–Kier alpha value is -1.37. The van der Waals surface area contributed by atoms with E-state index >= 15 is 0 Å². The first kappa shape index (κ1) is 9.72. The van der Waals surface area contributed by atoms with E-state index in [0.717, 1.165) is 12.7 Å². The Bertz CT molecular complexity index is 282. The third-order valence-corrected chi connectivity index (χ3v) is 1.87. The number of aryl methyl sites for hydroxylation is 1. The van der Waals surface area contributed by atoms with Crippen LogP contribution >= 0.6 is 0 Å². The average Bonchev–Trinajstić information content (AvgIpc) is 2.15. The second kappa shape index (κ2) is 5.31. The van der Waals surface area contributed by atoms with Crippen LogP contribution < -0.4 is 0 Å². The van der Waals surface area contributed by atoms with Crippen LogP contribution in [0.3, 0.4) is 0 Å². The van der Waals surface area contributed by atoms with Gasteiger partial charge in [0.1, 0.15) is 6.29 Å². The van der Waals surface area contributed by atoms with Gasteiger partial charge in [-0.1, -0.05) is 42.0 Å². The van der Waals surface area contributed by atoms with Gasteiger partial charge in [-0.3, -0.25) is 0 Å². The van der Waals surface area contributed by atoms with Gasteiger partial charge in [-0.25, -0.2) is 0 Å². The van der Waals surface area contributed by atoms with E-state index in [9.17, 15) is 4.79 Å². The summed E-state index contributed by atoms with van der Waals surface area (Å²) in [7, 11) is 0. The van der Waals surface area contributed by atoms with Crippen molar-refractivity contribution in [1.82, 2.24) is 0 Å². The van der Waals surface area contributed by atoms with Crippen molar-refractivity contribution in [3.05, 3.63) is 47.5 Å². The molecule has 0 spiro atoms. The number of benzene rings is 1. The maximum atomic E-state index is 10.0. The predicted molar refractivity (Wildman–Crippen MR) is 54.7 cm³/mol. The highest BCUT2D eigenvalue weighted by Gasteiger charge is 1.87. The Balaban J connectivity index is 2.45. The summed E-state index contributed by atoms with van der Waals surface area (Å²) in [6.07, 6.45) is 6.26. The van der Waals surface area contributed by atoms with Gasteiger partial charge < -0.3 is 4.79 Å². The summed E-state index contributed by atoms with van der Waals surface area (Å²) < 4.78 is 0. The molecule has 0 saturated carbocycles. The summed E-state index contributed by atoms with van der Waals surface area (Å²) in [5.41, 5.74) is 2.56. The number of carbonyl (C=O) groups is 1. The fourth-order valence-electron chi connectivity index (χ4n) is 1.10. The van der Waals surface area contributed by atoms with Crippen LogP contribution in [0.1, 0.15) is 17.5 Å². The zero-order chi connectivity index (χ0) is 9.52. The number of hydrogen-bond donors (Lipinski definition) is 0. The SMILES string of the molecule is Cc1ccc(C/C=C\CC=O)cc1. The van der Waals surface area contributed by atoms with Crippen LogP contribution in [0.25, 0.3) is 0 Å². The normalized spacial score (nSPS) is 10.5. The molecule has 0 amide bonds. The van der Waals surface area contributed by atoms with Crippen molar-refractivity contribution in [3.63, 3.8) is 0 Å². The van der Waals surface area contributed by atoms with Gasteiger partial charge in [0.2, 0.25) is 0 Å². The maximum absolute atomic E-state index is 10.0. The summed E-state index contributed by atoms with van der Waals surface area (Å²) in [5, 5.41) is 0. The zero-order valence-electron chi connectivity index (χ0n) is 7.86. The summed E-state index contributed by atoms with van der Waals surface area (Å²) in [4.78, 5) is 10.0. The van der Waals surface area contributed by atoms with E-state index in [1.807, 2.05) is 12.2 Å². The molecule has 0 unspecified atom stereocenters. The molecule has 0 aliphatic carbocycles. The fraction of sp³-hybridized carbons (Fsp3) is 0.250. The lowest BCUT2D eigenvalue weighted by molar-refractivity contribution is -0.107. The lowest BCUT2D eigenvalue weighted by Gasteiger charge is -1.96. The molecule has 0 N–H and O–H groups in total. The molecule has 13 heavy (non-hydrogen) atoms. The van der Waals surface area contributed by atoms with E-state index in [-0.39, 0.29) is 0 Å². The van der Waals surface area contributed by atoms with E-state index in [0.29, 0.717) is 6.42 Å². The Kier molecular flexibility index (Phi) is 3.97. The standard InChI is InChI=1S/C12H14O/c1-11-6-8-12(9-7-11)5-3-2-4-10-13/h2-3,6-10H,4-5H2,1H3/b3-2-. The van der Waals surface area contributed by atoms with Crippen LogP contribution in [-0.4, -0.2) is 6.29 Å². The van der Waals surface area contributed by atoms with Gasteiger partial charge in [0.15, 0.2) is 0 Å². The molecule has 68 valence electrons. The molecular weight excluding hydrogens is 160 g/mol. The Morgan fingerprint density at radius 1 is 1.15 bits per heavy atom. The minimum Gasteiger partial charge on any atom is -0.303 e. The van der Waals surface area contributed by atoms with Crippen molar-refractivity contribution >= 4 is 6.29 Å². The molecule has 1 nitrogen and oxygen atoms in total. The molecule has 0 atom stereocenters. The second-order valence-corrected chi connectivity index (χ2v) is 3.06. The number of hydrogen-bond acceptors (Lipinski definition) is 1. The molecule has 0 aliphatic rings. The molecule has 1 heteroatoms. The van der Waals surface area contributed by atoms with Crippen molar-refractivity contribution in [2.24, 2.45) is 0 Å². The molecule has 0 fully saturated rings. The van der Waals surface area contributed by atoms with Gasteiger partial charge in [-0.2, -0.15) is 0 Å². The highest BCUT2D eigenvalue weighted by molar-refractivity contribution is 5.51. The van der Waals surface area contributed by atoms with Gasteiger partial charge in [-0.05, 0) is 18.9 Å². The van der Waals surface area contributed by atoms with E-state index < -0.39 is 0 Å². The van der Waals surface area contributed by atoms with Gasteiger partial charge in [-0.15, -0.1) is 0 Å². The predicted octanol–water partition coefficient (Wildman–Crippen LogP) is 2.68. The third-order valence-electron chi connectivity index (χ3n) is 1.87. The Morgan fingerprint density at radius 3 is 2.46 bits per heavy atom. The molecule has 0 aromatic heterocycles. The van der Waals surface area contributed by atoms with Crippen molar-refractivity contribution in [2.75, 3.05) is 0 Å². The summed E-state index contributed by atoms with van der Waals surface area (Å²) in [6, 6.07) is 8.42. The van der Waals surface area contributed by atoms with Crippen molar-refractivity contribution in [3.8, 4) is 0 Å². The summed E-state index contributed by atoms with van der Waals surface area (Å²) in [5.74, 6) is 0. The quantitative estimate of drug-likeness (QED) is 0.506. The molecule has 1 aromatic rings. The van der Waals surface area contributed by atoms with Crippen LogP contribution in [0, 0.1) is 6.92 Å². The van der Waals surface area contributed by atoms with E-state index in [2.05, 4.69) is 31.2 Å². The van der Waals surface area contributed by atoms with Crippen molar-refractivity contribution in [2.45, 2.75) is 19.8 Å². The number of allylic oxidation sites excluding steroid dienone is 2. The Morgan fingerprint density at radius 2 is 1.85 bits per heavy atom. The fourth-order valence-corrected chi connectivity index (χ4v) is 1.10. The minimum absolute atomic E-state index is 0.520. The smallest absolute Gasteiger partial charge is 0.123 e. The van der Waals surface area contributed by atoms with Crippen LogP contribution in [0.4, 0.5) is 0 Å². The first-order valence-electron chi connectivity index (χ1n) is 4.47. The number of carbonyl (C=O) groups excluding carboxylic acids is 1. The van der Waals surface area contributed by atoms with Crippen LogP contribution in [0.5, 0.6) is 0 Å². The summed E-state index contributed by atoms with van der Waals surface area (Å²) in [6.45, 7) is 2.08. The largest absolute Gasteiger partial charge is 0.303 e. The topological polar surface area (TPSA) is 17.1 Å². The lowest BCUT2D eigenvalue weighted by atomic mass is 10.1. The highest BCUT2D eigenvalue weighted by Crippen LogP contribution is 2.04. The second-order valence-electron chi connectivity index (χ2n) is 3.06. The molecule has 0 bridgehead atoms. The average molecular weight is 174 g/mol. The van der Waals surface area contributed by atoms with Crippen molar-refractivity contribution in [1.29, 1.82) is 0 Å². The Labute approximate surface area is 79.1 Å². The number of rotatable bonds is 4. The maximum Gasteiger partial charge on any atom is 0.123 e. The van der Waals surface area contributed by atoms with E-state index in [1.54, 1.807) is 0 Å². The minimum atomic E-state index is 0.520. The van der Waals surface area contributed by atoms with Gasteiger partial charge in [0.05, 0.1) is 0 Å². The van der Waals surface area contributed by atoms with Crippen LogP contribution in [0.2, 0.25) is 0 Å². The van der Waals surface area contributed by atoms with E-state index in [4.69, 9.17) is 0 Å². The monoisotopic (exact) mass is 174 g/mol. The molecule has 1 aromatic carbocycles. The van der Waals surface area contributed by atoms with Gasteiger partial charge >= 0.3 is 0 Å². The summed E-state index contributed by atoms with van der Waals surface area (Å²) >= 11 is 0. The highest BCUT2D eigenvalue weighted by atomic mass is 16.1. The number of aldehydes is 1. The lowest BCUT2D eigenvalue weighted by Crippen LogP contribution is -1.80. The van der Waals surface area contributed by atoms with Crippen LogP contribution in [0.15, 0.2) is 36.4 Å². The molecule has 0 heterocycles. The van der Waals surface area contributed by atoms with Crippen molar-refractivity contribution < 1.29 is 4.79 Å². The van der Waals surface area contributed by atoms with Gasteiger partial charge in [0, 0.05) is 6.42 Å². The van der Waals surface area contributed by atoms with E-state index in [1.165, 1.54) is 11.1 Å². The third kappa shape index (κ3) is 3.70. The molecule has 0 saturated heterocycles. The zero-order valence-corrected chi connectivity index (χ0v) is 7.86. The van der Waals surface area contributed by atoms with Crippen LogP contribution in [-0.2, 0) is 11.2 Å². The van der Waals surface area contributed by atoms with Gasteiger partial charge in [0.25, 0.3) is 0 Å². The molecule has 0 radical (unpaired) electrons.